The monoisotopic (exact) mass is 263 g/mol. The summed E-state index contributed by atoms with van der Waals surface area (Å²) in [4.78, 5) is 2.46. The lowest BCUT2D eigenvalue weighted by Crippen LogP contribution is -2.36. The van der Waals surface area contributed by atoms with Gasteiger partial charge >= 0.3 is 0 Å². The number of aliphatic hydroxyl groups excluding tert-OH is 1. The molecule has 106 valence electrons. The molecule has 1 fully saturated rings. The number of aliphatic hydroxyl groups is 1. The largest absolute Gasteiger partial charge is 0.496 e. The first kappa shape index (κ1) is 14.4. The van der Waals surface area contributed by atoms with Gasteiger partial charge in [0.1, 0.15) is 5.75 Å². The lowest BCUT2D eigenvalue weighted by molar-refractivity contribution is 0.115. The molecular weight excluding hydrogens is 238 g/mol. The predicted molar refractivity (Wildman–Crippen MR) is 77.6 cm³/mol. The molecule has 0 aliphatic carbocycles. The number of ether oxygens (including phenoxy) is 1. The Morgan fingerprint density at radius 3 is 2.79 bits per heavy atom. The molecule has 1 aromatic carbocycles. The van der Waals surface area contributed by atoms with Crippen molar-refractivity contribution in [2.24, 2.45) is 5.92 Å². The minimum Gasteiger partial charge on any atom is -0.496 e. The van der Waals surface area contributed by atoms with Crippen LogP contribution in [0.15, 0.2) is 12.1 Å². The van der Waals surface area contributed by atoms with Crippen molar-refractivity contribution in [1.82, 2.24) is 4.90 Å². The van der Waals surface area contributed by atoms with Crippen molar-refractivity contribution in [2.75, 3.05) is 26.8 Å². The zero-order valence-corrected chi connectivity index (χ0v) is 12.3. The molecule has 0 bridgehead atoms. The zero-order chi connectivity index (χ0) is 13.8. The number of hydrogen-bond acceptors (Lipinski definition) is 3. The number of likely N-dealkylation sites (tertiary alicyclic amines) is 1. The third-order valence-corrected chi connectivity index (χ3v) is 4.32. The normalized spacial score (nSPS) is 20.5. The third-order valence-electron chi connectivity index (χ3n) is 4.32. The number of benzene rings is 1. The fourth-order valence-corrected chi connectivity index (χ4v) is 2.93. The number of nitrogens with zero attached hydrogens (tertiary/aromatic N) is 1. The van der Waals surface area contributed by atoms with Gasteiger partial charge in [0.05, 0.1) is 7.11 Å². The zero-order valence-electron chi connectivity index (χ0n) is 12.3. The van der Waals surface area contributed by atoms with Crippen LogP contribution < -0.4 is 4.74 Å². The van der Waals surface area contributed by atoms with E-state index in [4.69, 9.17) is 4.74 Å². The Morgan fingerprint density at radius 1 is 1.32 bits per heavy atom. The van der Waals surface area contributed by atoms with E-state index in [-0.39, 0.29) is 0 Å². The van der Waals surface area contributed by atoms with Gasteiger partial charge < -0.3 is 9.84 Å². The molecule has 1 N–H and O–H groups in total. The van der Waals surface area contributed by atoms with Gasteiger partial charge in [-0.1, -0.05) is 6.07 Å². The van der Waals surface area contributed by atoms with Crippen molar-refractivity contribution in [2.45, 2.75) is 33.2 Å². The summed E-state index contributed by atoms with van der Waals surface area (Å²) < 4.78 is 5.36. The number of piperidine rings is 1. The first-order valence-corrected chi connectivity index (χ1v) is 7.12. The van der Waals surface area contributed by atoms with E-state index in [0.717, 1.165) is 31.8 Å². The van der Waals surface area contributed by atoms with Crippen molar-refractivity contribution in [3.63, 3.8) is 0 Å². The summed E-state index contributed by atoms with van der Waals surface area (Å²) in [6, 6.07) is 4.23. The van der Waals surface area contributed by atoms with Crippen LogP contribution in [0.2, 0.25) is 0 Å². The molecule has 2 rings (SSSR count). The summed E-state index contributed by atoms with van der Waals surface area (Å²) in [5, 5.41) is 9.30. The first-order chi connectivity index (χ1) is 9.15. The quantitative estimate of drug-likeness (QED) is 0.906. The smallest absolute Gasteiger partial charge is 0.122 e. The van der Waals surface area contributed by atoms with Crippen LogP contribution in [0.25, 0.3) is 0 Å². The minimum atomic E-state index is 0.317. The minimum absolute atomic E-state index is 0.317. The second kappa shape index (κ2) is 6.40. The molecule has 1 aromatic rings. The summed E-state index contributed by atoms with van der Waals surface area (Å²) in [5.74, 6) is 1.42. The highest BCUT2D eigenvalue weighted by Crippen LogP contribution is 2.26. The van der Waals surface area contributed by atoms with Crippen LogP contribution >= 0.6 is 0 Å². The average Bonchev–Trinajstić information content (AvgIpc) is 2.44. The molecule has 1 aliphatic rings. The van der Waals surface area contributed by atoms with Crippen LogP contribution in [0.3, 0.4) is 0 Å². The maximum absolute atomic E-state index is 9.30. The van der Waals surface area contributed by atoms with Gasteiger partial charge in [0.2, 0.25) is 0 Å². The molecule has 19 heavy (non-hydrogen) atoms. The lowest BCUT2D eigenvalue weighted by Gasteiger charge is -2.32. The van der Waals surface area contributed by atoms with Crippen molar-refractivity contribution < 1.29 is 9.84 Å². The molecule has 1 saturated heterocycles. The average molecular weight is 263 g/mol. The van der Waals surface area contributed by atoms with Crippen LogP contribution in [0.5, 0.6) is 5.75 Å². The molecule has 1 atom stereocenters. The summed E-state index contributed by atoms with van der Waals surface area (Å²) in [7, 11) is 1.72. The van der Waals surface area contributed by atoms with Crippen molar-refractivity contribution in [1.29, 1.82) is 0 Å². The first-order valence-electron chi connectivity index (χ1n) is 7.12. The third kappa shape index (κ3) is 3.28. The Kier molecular flexibility index (Phi) is 4.83. The van der Waals surface area contributed by atoms with Gasteiger partial charge in [-0.15, -0.1) is 0 Å². The van der Waals surface area contributed by atoms with Gasteiger partial charge in [0.25, 0.3) is 0 Å². The predicted octanol–water partition coefficient (Wildman–Crippen LogP) is 2.52. The molecule has 3 heteroatoms. The van der Waals surface area contributed by atoms with Crippen LogP contribution in [0.4, 0.5) is 0 Å². The van der Waals surface area contributed by atoms with Gasteiger partial charge in [0, 0.05) is 19.7 Å². The molecule has 0 spiro atoms. The summed E-state index contributed by atoms with van der Waals surface area (Å²) in [6.45, 7) is 7.73. The topological polar surface area (TPSA) is 32.7 Å². The maximum atomic E-state index is 9.30. The van der Waals surface area contributed by atoms with Gasteiger partial charge in [-0.25, -0.2) is 0 Å². The second-order valence-corrected chi connectivity index (χ2v) is 5.60. The Hall–Kier alpha value is -1.06. The van der Waals surface area contributed by atoms with Crippen LogP contribution in [-0.4, -0.2) is 36.8 Å². The molecule has 0 aromatic heterocycles. The molecule has 1 heterocycles. The van der Waals surface area contributed by atoms with E-state index in [0.29, 0.717) is 12.5 Å². The van der Waals surface area contributed by atoms with E-state index >= 15 is 0 Å². The molecule has 0 unspecified atom stereocenters. The van der Waals surface area contributed by atoms with E-state index in [2.05, 4.69) is 30.9 Å². The number of hydrogen-bond donors (Lipinski definition) is 1. The van der Waals surface area contributed by atoms with Crippen molar-refractivity contribution in [3.05, 3.63) is 28.8 Å². The second-order valence-electron chi connectivity index (χ2n) is 5.60. The Bertz CT molecular complexity index is 431. The standard InChI is InChI=1S/C16H25NO2/c1-12-13(2)16(19-3)7-6-15(12)10-17-8-4-5-14(9-17)11-18/h6-7,14,18H,4-5,8-11H2,1-3H3/t14-/m1/s1. The highest BCUT2D eigenvalue weighted by Gasteiger charge is 2.20. The van der Waals surface area contributed by atoms with E-state index in [1.165, 1.54) is 23.1 Å². The molecule has 0 amide bonds. The van der Waals surface area contributed by atoms with Crippen molar-refractivity contribution >= 4 is 0 Å². The van der Waals surface area contributed by atoms with Gasteiger partial charge in [-0.2, -0.15) is 0 Å². The van der Waals surface area contributed by atoms with Crippen LogP contribution in [0, 0.1) is 19.8 Å². The van der Waals surface area contributed by atoms with E-state index in [9.17, 15) is 5.11 Å². The number of rotatable bonds is 4. The fraction of sp³-hybridized carbons (Fsp3) is 0.625. The van der Waals surface area contributed by atoms with Crippen LogP contribution in [-0.2, 0) is 6.54 Å². The Morgan fingerprint density at radius 2 is 2.11 bits per heavy atom. The highest BCUT2D eigenvalue weighted by atomic mass is 16.5. The van der Waals surface area contributed by atoms with E-state index in [1.807, 2.05) is 0 Å². The Balaban J connectivity index is 2.09. The molecule has 0 saturated carbocycles. The SMILES string of the molecule is COc1ccc(CN2CCC[C@@H](CO)C2)c(C)c1C. The summed E-state index contributed by atoms with van der Waals surface area (Å²) >= 11 is 0. The summed E-state index contributed by atoms with van der Waals surface area (Å²) in [6.07, 6.45) is 2.35. The van der Waals surface area contributed by atoms with Crippen molar-refractivity contribution in [3.8, 4) is 5.75 Å². The molecule has 0 radical (unpaired) electrons. The summed E-state index contributed by atoms with van der Waals surface area (Å²) in [5.41, 5.74) is 3.93. The maximum Gasteiger partial charge on any atom is 0.122 e. The molecule has 1 aliphatic heterocycles. The number of methoxy groups -OCH3 is 1. The van der Waals surface area contributed by atoms with Gasteiger partial charge in [0.15, 0.2) is 0 Å². The Labute approximate surface area is 116 Å². The van der Waals surface area contributed by atoms with Gasteiger partial charge in [-0.05, 0) is 61.9 Å². The molecular formula is C16H25NO2. The fourth-order valence-electron chi connectivity index (χ4n) is 2.93. The van der Waals surface area contributed by atoms with E-state index in [1.54, 1.807) is 7.11 Å². The van der Waals surface area contributed by atoms with Crippen LogP contribution in [0.1, 0.15) is 29.5 Å². The molecule has 3 nitrogen and oxygen atoms in total. The van der Waals surface area contributed by atoms with Gasteiger partial charge in [-0.3, -0.25) is 4.90 Å². The highest BCUT2D eigenvalue weighted by molar-refractivity contribution is 5.43. The van der Waals surface area contributed by atoms with E-state index < -0.39 is 0 Å². The lowest BCUT2D eigenvalue weighted by atomic mass is 9.97.